The second kappa shape index (κ2) is 5.34. The van der Waals surface area contributed by atoms with E-state index in [0.717, 1.165) is 18.7 Å². The maximum atomic E-state index is 9.50. The van der Waals surface area contributed by atoms with Gasteiger partial charge in [0.2, 0.25) is 0 Å². The topological polar surface area (TPSA) is 32.3 Å². The number of nitrogens with one attached hydrogen (secondary N) is 1. The Labute approximate surface area is 99.1 Å². The van der Waals surface area contributed by atoms with Crippen LogP contribution in [0.15, 0.2) is 17.5 Å². The molecule has 0 bridgehead atoms. The van der Waals surface area contributed by atoms with Crippen molar-refractivity contribution in [3.05, 3.63) is 22.4 Å². The fourth-order valence-corrected chi connectivity index (χ4v) is 3.73. The lowest BCUT2D eigenvalue weighted by molar-refractivity contribution is 0.165. The van der Waals surface area contributed by atoms with Gasteiger partial charge in [0.15, 0.2) is 0 Å². The minimum Gasteiger partial charge on any atom is -0.394 e. The molecule has 1 aliphatic rings. The van der Waals surface area contributed by atoms with Gasteiger partial charge < -0.3 is 10.4 Å². The summed E-state index contributed by atoms with van der Waals surface area (Å²) in [5.74, 6) is 2.28. The Kier molecular flexibility index (Phi) is 4.08. The van der Waals surface area contributed by atoms with Gasteiger partial charge in [-0.05, 0) is 30.0 Å². The van der Waals surface area contributed by atoms with Gasteiger partial charge in [0, 0.05) is 17.2 Å². The number of rotatable bonds is 4. The second-order valence-electron chi connectivity index (χ2n) is 4.03. The van der Waals surface area contributed by atoms with Crippen molar-refractivity contribution in [3.8, 4) is 0 Å². The van der Waals surface area contributed by atoms with Crippen LogP contribution in [0.5, 0.6) is 0 Å². The number of hydrogen-bond acceptors (Lipinski definition) is 4. The molecule has 2 heterocycles. The zero-order valence-electron chi connectivity index (χ0n) is 8.74. The van der Waals surface area contributed by atoms with E-state index in [9.17, 15) is 5.11 Å². The van der Waals surface area contributed by atoms with Crippen molar-refractivity contribution in [2.45, 2.75) is 24.9 Å². The summed E-state index contributed by atoms with van der Waals surface area (Å²) >= 11 is 3.71. The van der Waals surface area contributed by atoms with Crippen LogP contribution in [0.3, 0.4) is 0 Å². The first-order valence-corrected chi connectivity index (χ1v) is 7.34. The quantitative estimate of drug-likeness (QED) is 0.849. The zero-order valence-corrected chi connectivity index (χ0v) is 10.4. The highest BCUT2D eigenvalue weighted by molar-refractivity contribution is 7.99. The van der Waals surface area contributed by atoms with E-state index in [1.807, 2.05) is 11.8 Å². The Morgan fingerprint density at radius 2 is 2.47 bits per heavy atom. The Balaban J connectivity index is 1.89. The smallest absolute Gasteiger partial charge is 0.0621 e. The van der Waals surface area contributed by atoms with Gasteiger partial charge in [-0.25, -0.2) is 0 Å². The molecule has 1 aliphatic heterocycles. The lowest BCUT2D eigenvalue weighted by atomic mass is 9.96. The highest BCUT2D eigenvalue weighted by atomic mass is 32.2. The first kappa shape index (κ1) is 11.5. The maximum Gasteiger partial charge on any atom is 0.0621 e. The summed E-state index contributed by atoms with van der Waals surface area (Å²) in [6, 6.07) is 4.21. The van der Waals surface area contributed by atoms with Crippen LogP contribution in [0, 0.1) is 0 Å². The van der Waals surface area contributed by atoms with Crippen molar-refractivity contribution < 1.29 is 5.11 Å². The summed E-state index contributed by atoms with van der Waals surface area (Å²) in [5.41, 5.74) is -0.0348. The Hall–Kier alpha value is -0.0300. The van der Waals surface area contributed by atoms with Crippen LogP contribution >= 0.6 is 23.1 Å². The predicted molar refractivity (Wildman–Crippen MR) is 67.5 cm³/mol. The molecular weight excluding hydrogens is 226 g/mol. The minimum atomic E-state index is -0.0348. The monoisotopic (exact) mass is 243 g/mol. The summed E-state index contributed by atoms with van der Waals surface area (Å²) < 4.78 is 0. The molecule has 2 rings (SSSR count). The summed E-state index contributed by atoms with van der Waals surface area (Å²) in [7, 11) is 0. The Morgan fingerprint density at radius 3 is 3.07 bits per heavy atom. The standard InChI is InChI=1S/C11H17NOS2/c13-8-11(4-2-5-14-9-11)12-7-10-3-1-6-15-10/h1,3,6,12-13H,2,4-5,7-9H2. The molecule has 0 spiro atoms. The van der Waals surface area contributed by atoms with E-state index in [-0.39, 0.29) is 12.1 Å². The van der Waals surface area contributed by atoms with E-state index in [4.69, 9.17) is 0 Å². The molecule has 0 aromatic carbocycles. The first-order valence-electron chi connectivity index (χ1n) is 5.31. The molecule has 2 nitrogen and oxygen atoms in total. The van der Waals surface area contributed by atoms with Crippen molar-refractivity contribution in [1.82, 2.24) is 5.32 Å². The van der Waals surface area contributed by atoms with E-state index in [1.54, 1.807) is 11.3 Å². The van der Waals surface area contributed by atoms with Crippen LogP contribution in [0.2, 0.25) is 0 Å². The van der Waals surface area contributed by atoms with Crippen molar-refractivity contribution in [2.24, 2.45) is 0 Å². The van der Waals surface area contributed by atoms with E-state index < -0.39 is 0 Å². The van der Waals surface area contributed by atoms with Crippen LogP contribution in [-0.4, -0.2) is 28.8 Å². The highest BCUT2D eigenvalue weighted by Gasteiger charge is 2.30. The van der Waals surface area contributed by atoms with E-state index in [2.05, 4.69) is 22.8 Å². The molecule has 15 heavy (non-hydrogen) atoms. The minimum absolute atomic E-state index is 0.0348. The fraction of sp³-hybridized carbons (Fsp3) is 0.636. The van der Waals surface area contributed by atoms with Gasteiger partial charge in [-0.3, -0.25) is 0 Å². The van der Waals surface area contributed by atoms with Gasteiger partial charge in [-0.15, -0.1) is 11.3 Å². The zero-order chi connectivity index (χ0) is 10.6. The van der Waals surface area contributed by atoms with Gasteiger partial charge in [-0.2, -0.15) is 11.8 Å². The normalized spacial score (nSPS) is 26.7. The summed E-state index contributed by atoms with van der Waals surface area (Å²) in [6.45, 7) is 1.14. The summed E-state index contributed by atoms with van der Waals surface area (Å²) in [4.78, 5) is 1.35. The molecule has 1 saturated heterocycles. The average Bonchev–Trinajstić information content (AvgIpc) is 2.81. The van der Waals surface area contributed by atoms with E-state index >= 15 is 0 Å². The molecule has 4 heteroatoms. The summed E-state index contributed by atoms with van der Waals surface area (Å²) in [6.07, 6.45) is 2.31. The third-order valence-corrected chi connectivity index (χ3v) is 5.05. The Bertz CT molecular complexity index is 281. The lowest BCUT2D eigenvalue weighted by Gasteiger charge is -2.36. The van der Waals surface area contributed by atoms with Crippen molar-refractivity contribution in [2.75, 3.05) is 18.1 Å². The van der Waals surface area contributed by atoms with Gasteiger partial charge in [0.25, 0.3) is 0 Å². The van der Waals surface area contributed by atoms with Crippen LogP contribution in [-0.2, 0) is 6.54 Å². The second-order valence-corrected chi connectivity index (χ2v) is 6.16. The molecule has 2 N–H and O–H groups in total. The lowest BCUT2D eigenvalue weighted by Crippen LogP contribution is -2.51. The molecule has 0 saturated carbocycles. The highest BCUT2D eigenvalue weighted by Crippen LogP contribution is 2.27. The third-order valence-electron chi connectivity index (χ3n) is 2.84. The maximum absolute atomic E-state index is 9.50. The number of thioether (sulfide) groups is 1. The van der Waals surface area contributed by atoms with Crippen LogP contribution in [0.25, 0.3) is 0 Å². The summed E-state index contributed by atoms with van der Waals surface area (Å²) in [5, 5.41) is 15.1. The van der Waals surface area contributed by atoms with Gasteiger partial charge in [-0.1, -0.05) is 6.07 Å². The number of thiophene rings is 1. The fourth-order valence-electron chi connectivity index (χ4n) is 1.86. The van der Waals surface area contributed by atoms with Crippen molar-refractivity contribution in [3.63, 3.8) is 0 Å². The van der Waals surface area contributed by atoms with Gasteiger partial charge in [0.05, 0.1) is 12.1 Å². The largest absolute Gasteiger partial charge is 0.394 e. The van der Waals surface area contributed by atoms with Crippen molar-refractivity contribution in [1.29, 1.82) is 0 Å². The molecule has 1 atom stereocenters. The first-order chi connectivity index (χ1) is 7.35. The molecule has 1 fully saturated rings. The molecule has 0 amide bonds. The van der Waals surface area contributed by atoms with Crippen molar-refractivity contribution >= 4 is 23.1 Å². The number of aliphatic hydroxyl groups is 1. The molecule has 1 aromatic heterocycles. The third kappa shape index (κ3) is 2.97. The molecule has 84 valence electrons. The van der Waals surface area contributed by atoms with Gasteiger partial charge in [0.1, 0.15) is 0 Å². The Morgan fingerprint density at radius 1 is 1.53 bits per heavy atom. The van der Waals surface area contributed by atoms with E-state index in [1.165, 1.54) is 17.1 Å². The van der Waals surface area contributed by atoms with Crippen LogP contribution in [0.1, 0.15) is 17.7 Å². The predicted octanol–water partition coefficient (Wildman–Crippen LogP) is 2.10. The molecule has 1 unspecified atom stereocenters. The molecule has 1 aromatic rings. The van der Waals surface area contributed by atoms with Crippen LogP contribution in [0.4, 0.5) is 0 Å². The van der Waals surface area contributed by atoms with E-state index in [0.29, 0.717) is 0 Å². The SMILES string of the molecule is OCC1(NCc2cccs2)CCCSC1. The van der Waals surface area contributed by atoms with Gasteiger partial charge >= 0.3 is 0 Å². The average molecular weight is 243 g/mol. The molecule has 0 radical (unpaired) electrons. The molecular formula is C11H17NOS2. The van der Waals surface area contributed by atoms with Crippen LogP contribution < -0.4 is 5.32 Å². The number of aliphatic hydroxyl groups excluding tert-OH is 1. The number of hydrogen-bond donors (Lipinski definition) is 2. The molecule has 0 aliphatic carbocycles.